The minimum absolute atomic E-state index is 0.00144. The molecule has 3 heterocycles. The molecule has 1 fully saturated rings. The third-order valence-electron chi connectivity index (χ3n) is 5.87. The zero-order valence-electron chi connectivity index (χ0n) is 17.0. The largest absolute Gasteiger partial charge is 0.453 e. The van der Waals surface area contributed by atoms with Gasteiger partial charge in [-0.2, -0.15) is 0 Å². The van der Waals surface area contributed by atoms with Crippen LogP contribution in [0.3, 0.4) is 0 Å². The van der Waals surface area contributed by atoms with E-state index < -0.39 is 12.1 Å². The summed E-state index contributed by atoms with van der Waals surface area (Å²) < 4.78 is 5.49. The Labute approximate surface area is 173 Å². The molecule has 0 bridgehead atoms. The maximum atomic E-state index is 12.7. The zero-order valence-corrected chi connectivity index (χ0v) is 17.8. The lowest BCUT2D eigenvalue weighted by molar-refractivity contribution is -0.153. The zero-order chi connectivity index (χ0) is 20.5. The molecular weight excluding hydrogens is 390 g/mol. The number of esters is 1. The van der Waals surface area contributed by atoms with E-state index in [4.69, 9.17) is 4.74 Å². The summed E-state index contributed by atoms with van der Waals surface area (Å²) in [6.45, 7) is 4.46. The monoisotopic (exact) mass is 417 g/mol. The van der Waals surface area contributed by atoms with Gasteiger partial charge in [-0.15, -0.1) is 11.3 Å². The fourth-order valence-electron chi connectivity index (χ4n) is 4.21. The summed E-state index contributed by atoms with van der Waals surface area (Å²) in [5.74, 6) is 0.494. The van der Waals surface area contributed by atoms with Crippen molar-refractivity contribution >= 4 is 33.4 Å². The molecule has 2 aliphatic rings. The average Bonchev–Trinajstić information content (AvgIpc) is 2.92. The van der Waals surface area contributed by atoms with Crippen LogP contribution >= 0.6 is 11.3 Å². The molecule has 0 radical (unpaired) electrons. The Kier molecular flexibility index (Phi) is 5.72. The van der Waals surface area contributed by atoms with Crippen molar-refractivity contribution in [3.63, 3.8) is 0 Å². The molecule has 2 aromatic heterocycles. The van der Waals surface area contributed by atoms with E-state index in [1.807, 2.05) is 0 Å². The van der Waals surface area contributed by atoms with E-state index in [0.29, 0.717) is 34.9 Å². The van der Waals surface area contributed by atoms with Crippen LogP contribution in [-0.2, 0) is 27.2 Å². The number of thiophene rings is 1. The smallest absolute Gasteiger partial charge is 0.326 e. The number of likely N-dealkylation sites (tertiary alicyclic amines) is 1. The van der Waals surface area contributed by atoms with Crippen molar-refractivity contribution in [2.75, 3.05) is 13.1 Å². The van der Waals surface area contributed by atoms with Gasteiger partial charge in [0.2, 0.25) is 5.91 Å². The maximum absolute atomic E-state index is 12.7. The van der Waals surface area contributed by atoms with E-state index >= 15 is 0 Å². The van der Waals surface area contributed by atoms with Crippen LogP contribution in [0, 0.1) is 5.92 Å². The van der Waals surface area contributed by atoms with Crippen molar-refractivity contribution in [1.29, 1.82) is 0 Å². The Hall–Kier alpha value is -2.22. The second-order valence-corrected chi connectivity index (χ2v) is 9.32. The number of aromatic amines is 1. The van der Waals surface area contributed by atoms with Crippen LogP contribution in [0.5, 0.6) is 0 Å². The molecule has 1 aliphatic carbocycles. The van der Waals surface area contributed by atoms with E-state index in [-0.39, 0.29) is 18.0 Å². The van der Waals surface area contributed by atoms with Gasteiger partial charge in [-0.05, 0) is 50.5 Å². The molecule has 2 atom stereocenters. The second-order valence-electron chi connectivity index (χ2n) is 8.24. The molecule has 1 amide bonds. The number of fused-ring (bicyclic) bond motifs is 3. The van der Waals surface area contributed by atoms with Gasteiger partial charge in [0.25, 0.3) is 5.56 Å². The molecule has 156 valence electrons. The van der Waals surface area contributed by atoms with Crippen LogP contribution in [0.2, 0.25) is 0 Å². The number of ether oxygens (including phenoxy) is 1. The fraction of sp³-hybridized carbons (Fsp3) is 0.619. The Morgan fingerprint density at radius 3 is 2.97 bits per heavy atom. The minimum atomic E-state index is -0.681. The van der Waals surface area contributed by atoms with Gasteiger partial charge in [0.15, 0.2) is 11.9 Å². The number of aromatic nitrogens is 2. The normalized spacial score (nSPS) is 21.0. The molecule has 29 heavy (non-hydrogen) atoms. The molecule has 2 aromatic rings. The Bertz CT molecular complexity index is 996. The first-order chi connectivity index (χ1) is 13.9. The number of hydrogen-bond donors (Lipinski definition) is 1. The van der Waals surface area contributed by atoms with Gasteiger partial charge in [-0.3, -0.25) is 14.4 Å². The lowest BCUT2D eigenvalue weighted by Crippen LogP contribution is -2.36. The number of nitrogens with one attached hydrogen (secondary N) is 1. The molecule has 8 heteroatoms. The Morgan fingerprint density at radius 1 is 1.31 bits per heavy atom. The fourth-order valence-corrected chi connectivity index (χ4v) is 5.60. The van der Waals surface area contributed by atoms with E-state index in [0.717, 1.165) is 44.1 Å². The Morgan fingerprint density at radius 2 is 2.14 bits per heavy atom. The molecule has 1 N–H and O–H groups in total. The number of amides is 1. The lowest BCUT2D eigenvalue weighted by Gasteiger charge is -2.20. The molecule has 1 aliphatic heterocycles. The van der Waals surface area contributed by atoms with Crippen molar-refractivity contribution in [2.24, 2.45) is 5.92 Å². The summed E-state index contributed by atoms with van der Waals surface area (Å²) in [4.78, 5) is 48.1. The molecule has 7 nitrogen and oxygen atoms in total. The molecule has 0 aromatic carbocycles. The van der Waals surface area contributed by atoms with Crippen molar-refractivity contribution in [3.8, 4) is 0 Å². The van der Waals surface area contributed by atoms with Gasteiger partial charge in [-0.25, -0.2) is 4.98 Å². The van der Waals surface area contributed by atoms with Gasteiger partial charge >= 0.3 is 5.97 Å². The maximum Gasteiger partial charge on any atom is 0.326 e. The molecule has 0 unspecified atom stereocenters. The average molecular weight is 418 g/mol. The number of aryl methyl sites for hydroxylation is 1. The minimum Gasteiger partial charge on any atom is -0.453 e. The summed E-state index contributed by atoms with van der Waals surface area (Å²) in [5.41, 5.74) is 0.968. The van der Waals surface area contributed by atoms with Crippen molar-refractivity contribution in [2.45, 2.75) is 64.9 Å². The van der Waals surface area contributed by atoms with E-state index in [1.54, 1.807) is 23.2 Å². The third-order valence-corrected chi connectivity index (χ3v) is 7.02. The van der Waals surface area contributed by atoms with Crippen molar-refractivity contribution < 1.29 is 14.3 Å². The first-order valence-electron chi connectivity index (χ1n) is 10.4. The Balaban J connectivity index is 1.49. The summed E-state index contributed by atoms with van der Waals surface area (Å²) in [5, 5.41) is 0.689. The van der Waals surface area contributed by atoms with Crippen LogP contribution < -0.4 is 5.56 Å². The molecule has 0 saturated carbocycles. The highest BCUT2D eigenvalue weighted by atomic mass is 32.1. The number of carbonyl (C=O) groups excluding carboxylic acids is 2. The van der Waals surface area contributed by atoms with Crippen molar-refractivity contribution in [3.05, 3.63) is 26.6 Å². The number of H-pyrrole nitrogens is 1. The van der Waals surface area contributed by atoms with Crippen LogP contribution in [0.1, 0.15) is 68.3 Å². The highest BCUT2D eigenvalue weighted by Gasteiger charge is 2.25. The number of carbonyl (C=O) groups is 2. The number of rotatable bonds is 4. The number of hydrogen-bond acceptors (Lipinski definition) is 6. The van der Waals surface area contributed by atoms with Gasteiger partial charge < -0.3 is 14.6 Å². The van der Waals surface area contributed by atoms with E-state index in [2.05, 4.69) is 16.9 Å². The molecule has 1 saturated heterocycles. The highest BCUT2D eigenvalue weighted by molar-refractivity contribution is 7.18. The molecule has 4 rings (SSSR count). The van der Waals surface area contributed by atoms with Gasteiger partial charge in [0.05, 0.1) is 5.39 Å². The summed E-state index contributed by atoms with van der Waals surface area (Å²) in [6.07, 6.45) is 5.56. The summed E-state index contributed by atoms with van der Waals surface area (Å²) in [7, 11) is 0. The van der Waals surface area contributed by atoms with Crippen LogP contribution in [0.15, 0.2) is 4.79 Å². The van der Waals surface area contributed by atoms with Gasteiger partial charge in [0.1, 0.15) is 11.4 Å². The highest BCUT2D eigenvalue weighted by Crippen LogP contribution is 2.35. The van der Waals surface area contributed by atoms with E-state index in [9.17, 15) is 14.4 Å². The predicted molar refractivity (Wildman–Crippen MR) is 111 cm³/mol. The van der Waals surface area contributed by atoms with Crippen molar-refractivity contribution in [1.82, 2.24) is 14.9 Å². The van der Waals surface area contributed by atoms with Crippen LogP contribution in [-0.4, -0.2) is 39.8 Å². The number of nitrogens with zero attached hydrogens (tertiary/aromatic N) is 2. The topological polar surface area (TPSA) is 92.4 Å². The molecular formula is C21H27N3O4S. The first kappa shape index (κ1) is 20.1. The first-order valence-corrected chi connectivity index (χ1v) is 11.3. The predicted octanol–water partition coefficient (Wildman–Crippen LogP) is 3.12. The third kappa shape index (κ3) is 4.22. The SMILES string of the molecule is C[C@H]1CCc2c(sc3nc([C@H](C)OC(=O)CN4CCCCCC4=O)[nH]c(=O)c23)C1. The lowest BCUT2D eigenvalue weighted by atomic mass is 9.89. The van der Waals surface area contributed by atoms with E-state index in [1.165, 1.54) is 4.88 Å². The summed E-state index contributed by atoms with van der Waals surface area (Å²) in [6, 6.07) is 0. The quantitative estimate of drug-likeness (QED) is 0.772. The molecule has 0 spiro atoms. The van der Waals surface area contributed by atoms with Crippen LogP contribution in [0.25, 0.3) is 10.2 Å². The summed E-state index contributed by atoms with van der Waals surface area (Å²) >= 11 is 1.57. The van der Waals surface area contributed by atoms with Gasteiger partial charge in [0, 0.05) is 17.8 Å². The van der Waals surface area contributed by atoms with Gasteiger partial charge in [-0.1, -0.05) is 13.3 Å². The standard InChI is InChI=1S/C21H27N3O4S/c1-12-7-8-14-15(10-12)29-21-18(14)20(27)22-19(23-21)13(2)28-17(26)11-24-9-5-3-4-6-16(24)25/h12-13H,3-11H2,1-2H3,(H,22,23,27)/t12-,13-/m0/s1. The van der Waals surface area contributed by atoms with Crippen LogP contribution in [0.4, 0.5) is 0 Å². The second kappa shape index (κ2) is 8.26.